The Morgan fingerprint density at radius 1 is 1.31 bits per heavy atom. The van der Waals surface area contributed by atoms with Gasteiger partial charge in [-0.2, -0.15) is 0 Å². The van der Waals surface area contributed by atoms with Gasteiger partial charge in [0, 0.05) is 24.7 Å². The van der Waals surface area contributed by atoms with Crippen molar-refractivity contribution in [1.29, 1.82) is 0 Å². The zero-order valence-electron chi connectivity index (χ0n) is 16.6. The first-order chi connectivity index (χ1) is 13.9. The fourth-order valence-corrected chi connectivity index (χ4v) is 4.66. The van der Waals surface area contributed by atoms with E-state index in [1.165, 1.54) is 22.5 Å². The molecule has 11 heteroatoms. The average molecular weight is 426 g/mol. The molecule has 160 valence electrons. The largest absolute Gasteiger partial charge is 0.395 e. The Kier molecular flexibility index (Phi) is 7.28. The number of thioether (sulfide) groups is 1. The van der Waals surface area contributed by atoms with Gasteiger partial charge in [0.25, 0.3) is 5.56 Å². The molecule has 2 aromatic rings. The second kappa shape index (κ2) is 9.70. The van der Waals surface area contributed by atoms with Gasteiger partial charge in [0.1, 0.15) is 5.69 Å². The second-order valence-electron chi connectivity index (χ2n) is 7.10. The first-order valence-corrected chi connectivity index (χ1v) is 10.6. The van der Waals surface area contributed by atoms with Gasteiger partial charge in [-0.15, -0.1) is 16.9 Å². The molecule has 1 aliphatic rings. The maximum absolute atomic E-state index is 12.9. The number of rotatable bonds is 9. The lowest BCUT2D eigenvalue weighted by atomic mass is 10.2. The van der Waals surface area contributed by atoms with Crippen LogP contribution in [-0.2, 0) is 24.4 Å². The lowest BCUT2D eigenvalue weighted by Crippen LogP contribution is -2.42. The van der Waals surface area contributed by atoms with Gasteiger partial charge in [-0.1, -0.05) is 12.1 Å². The number of nitrogens with zero attached hydrogens (tertiary/aromatic N) is 5. The molecule has 2 unspecified atom stereocenters. The average Bonchev–Trinajstić information content (AvgIpc) is 3.30. The predicted molar refractivity (Wildman–Crippen MR) is 108 cm³/mol. The van der Waals surface area contributed by atoms with Crippen molar-refractivity contribution in [1.82, 2.24) is 24.1 Å². The molecular weight excluding hydrogens is 398 g/mol. The van der Waals surface area contributed by atoms with Gasteiger partial charge in [0.15, 0.2) is 0 Å². The summed E-state index contributed by atoms with van der Waals surface area (Å²) in [5.41, 5.74) is 0.334. The van der Waals surface area contributed by atoms with Crippen LogP contribution in [0.3, 0.4) is 0 Å². The number of aliphatic hydroxyl groups excluding tert-OH is 2. The van der Waals surface area contributed by atoms with Gasteiger partial charge in [-0.3, -0.25) is 18.6 Å². The van der Waals surface area contributed by atoms with Gasteiger partial charge < -0.3 is 14.9 Å². The van der Waals surface area contributed by atoms with Crippen molar-refractivity contribution in [2.45, 2.75) is 63.1 Å². The highest BCUT2D eigenvalue weighted by molar-refractivity contribution is 8.00. The van der Waals surface area contributed by atoms with Crippen LogP contribution in [0.25, 0.3) is 0 Å². The molecule has 1 saturated heterocycles. The van der Waals surface area contributed by atoms with E-state index in [9.17, 15) is 19.8 Å². The minimum absolute atomic E-state index is 0.117. The normalized spacial score (nSPS) is 21.7. The molecule has 10 nitrogen and oxygen atoms in total. The van der Waals surface area contributed by atoms with Crippen molar-refractivity contribution in [3.63, 3.8) is 0 Å². The summed E-state index contributed by atoms with van der Waals surface area (Å²) in [5.74, 6) is 0. The molecule has 0 aliphatic carbocycles. The fraction of sp³-hybridized carbons (Fsp3) is 0.667. The van der Waals surface area contributed by atoms with Crippen LogP contribution in [-0.4, -0.2) is 58.9 Å². The standard InChI is InChI=1S/C18H27N5O5S/c1-3-4-21-9-13(19-20-21)11-28-6-5-22-17(26)12(2)8-23(18(22)27)16-7-14(25)15(10-24)29-16/h8-9,14-16,24-25H,3-7,10-11H2,1-2H3/t14?,15-,16?/m1/s1. The third-order valence-electron chi connectivity index (χ3n) is 4.81. The van der Waals surface area contributed by atoms with E-state index in [2.05, 4.69) is 17.2 Å². The van der Waals surface area contributed by atoms with E-state index in [0.29, 0.717) is 17.7 Å². The highest BCUT2D eigenvalue weighted by Crippen LogP contribution is 2.40. The Hall–Kier alpha value is -1.95. The highest BCUT2D eigenvalue weighted by Gasteiger charge is 2.35. The van der Waals surface area contributed by atoms with Crippen molar-refractivity contribution >= 4 is 11.8 Å². The molecule has 1 fully saturated rings. The monoisotopic (exact) mass is 425 g/mol. The topological polar surface area (TPSA) is 124 Å². The molecule has 29 heavy (non-hydrogen) atoms. The van der Waals surface area contributed by atoms with Gasteiger partial charge in [0.2, 0.25) is 0 Å². The van der Waals surface area contributed by atoms with Gasteiger partial charge in [-0.05, 0) is 13.3 Å². The summed E-state index contributed by atoms with van der Waals surface area (Å²) in [4.78, 5) is 25.3. The number of aliphatic hydroxyl groups is 2. The number of hydrogen-bond donors (Lipinski definition) is 2. The molecule has 1 aliphatic heterocycles. The maximum atomic E-state index is 12.9. The lowest BCUT2D eigenvalue weighted by molar-refractivity contribution is 0.108. The van der Waals surface area contributed by atoms with Gasteiger partial charge in [0.05, 0.1) is 49.3 Å². The van der Waals surface area contributed by atoms with Crippen molar-refractivity contribution in [3.8, 4) is 0 Å². The Morgan fingerprint density at radius 2 is 2.10 bits per heavy atom. The molecule has 3 atom stereocenters. The number of ether oxygens (including phenoxy) is 1. The molecule has 0 bridgehead atoms. The van der Waals surface area contributed by atoms with Crippen molar-refractivity contribution in [2.24, 2.45) is 0 Å². The van der Waals surface area contributed by atoms with Crippen LogP contribution in [0.2, 0.25) is 0 Å². The molecule has 0 radical (unpaired) electrons. The predicted octanol–water partition coefficient (Wildman–Crippen LogP) is -0.106. The SMILES string of the molecule is CCCn1cc(COCCn2c(=O)c(C)cn(C3CC(O)[C@@H](CO)S3)c2=O)nn1. The summed E-state index contributed by atoms with van der Waals surface area (Å²) in [5, 5.41) is 26.7. The molecule has 2 aromatic heterocycles. The van der Waals surface area contributed by atoms with E-state index >= 15 is 0 Å². The smallest absolute Gasteiger partial charge is 0.332 e. The van der Waals surface area contributed by atoms with E-state index in [4.69, 9.17) is 4.74 Å². The molecule has 3 rings (SSSR count). The zero-order chi connectivity index (χ0) is 21.0. The fourth-order valence-electron chi connectivity index (χ4n) is 3.29. The number of aryl methyl sites for hydroxylation is 2. The molecule has 0 aromatic carbocycles. The van der Waals surface area contributed by atoms with Gasteiger partial charge >= 0.3 is 5.69 Å². The Morgan fingerprint density at radius 3 is 2.79 bits per heavy atom. The minimum atomic E-state index is -0.688. The molecule has 0 amide bonds. The Labute approximate surface area is 172 Å². The summed E-state index contributed by atoms with van der Waals surface area (Å²) >= 11 is 1.34. The van der Waals surface area contributed by atoms with Crippen LogP contribution in [0.1, 0.15) is 36.4 Å². The maximum Gasteiger partial charge on any atom is 0.332 e. The Bertz CT molecular complexity index is 939. The van der Waals surface area contributed by atoms with Crippen LogP contribution in [0.5, 0.6) is 0 Å². The molecule has 3 heterocycles. The summed E-state index contributed by atoms with van der Waals surface area (Å²) in [6, 6.07) is 0. The van der Waals surface area contributed by atoms with E-state index in [-0.39, 0.29) is 42.5 Å². The zero-order valence-corrected chi connectivity index (χ0v) is 17.4. The molecular formula is C18H27N5O5S. The van der Waals surface area contributed by atoms with Gasteiger partial charge in [-0.25, -0.2) is 4.79 Å². The molecule has 2 N–H and O–H groups in total. The van der Waals surface area contributed by atoms with Crippen molar-refractivity contribution < 1.29 is 14.9 Å². The second-order valence-corrected chi connectivity index (χ2v) is 8.52. The van der Waals surface area contributed by atoms with E-state index in [0.717, 1.165) is 17.5 Å². The van der Waals surface area contributed by atoms with Crippen LogP contribution < -0.4 is 11.2 Å². The molecule has 0 saturated carbocycles. The Balaban J connectivity index is 1.66. The van der Waals surface area contributed by atoms with Crippen molar-refractivity contribution in [3.05, 3.63) is 44.5 Å². The number of hydrogen-bond acceptors (Lipinski definition) is 8. The van der Waals surface area contributed by atoms with E-state index in [1.807, 2.05) is 6.20 Å². The third kappa shape index (κ3) is 4.97. The summed E-state index contributed by atoms with van der Waals surface area (Å²) < 4.78 is 9.95. The minimum Gasteiger partial charge on any atom is -0.395 e. The van der Waals surface area contributed by atoms with Crippen molar-refractivity contribution in [2.75, 3.05) is 13.2 Å². The highest BCUT2D eigenvalue weighted by atomic mass is 32.2. The first-order valence-electron chi connectivity index (χ1n) is 9.68. The van der Waals surface area contributed by atoms with E-state index < -0.39 is 11.8 Å². The third-order valence-corrected chi connectivity index (χ3v) is 6.36. The molecule has 0 spiro atoms. The van der Waals surface area contributed by atoms with Crippen LogP contribution in [0.15, 0.2) is 22.0 Å². The number of aromatic nitrogens is 5. The van der Waals surface area contributed by atoms with Crippen LogP contribution >= 0.6 is 11.8 Å². The van der Waals surface area contributed by atoms with E-state index in [1.54, 1.807) is 11.6 Å². The first kappa shape index (κ1) is 21.8. The summed E-state index contributed by atoms with van der Waals surface area (Å²) in [7, 11) is 0. The quantitative estimate of drug-likeness (QED) is 0.534. The lowest BCUT2D eigenvalue weighted by Gasteiger charge is -2.16. The summed E-state index contributed by atoms with van der Waals surface area (Å²) in [6.07, 6.45) is 3.96. The van der Waals surface area contributed by atoms with Crippen LogP contribution in [0.4, 0.5) is 0 Å². The summed E-state index contributed by atoms with van der Waals surface area (Å²) in [6.45, 7) is 4.88. The van der Waals surface area contributed by atoms with Crippen LogP contribution in [0, 0.1) is 6.92 Å².